The molecule has 0 aromatic heterocycles. The van der Waals surface area contributed by atoms with E-state index in [0.717, 1.165) is 12.3 Å². The zero-order valence-corrected chi connectivity index (χ0v) is 31.8. The van der Waals surface area contributed by atoms with E-state index in [2.05, 4.69) is 5.32 Å². The SMILES string of the molecule is CO[C@H]1/C=C/O[C@@]2(C)Oc3c(C)c(O)c4c(c3C2=O)C2(C=C(NC(=O)/C(CO)=C\C=C\[C@H](C)[C@H](O)[C@@H](C)[C@@H](O)[C@@H](C)[C@H](OC(C)=O)[C@@H]1C)C4=O)OCC(=O)O2. The van der Waals surface area contributed by atoms with Gasteiger partial charge in [-0.05, 0) is 13.0 Å². The van der Waals surface area contributed by atoms with Gasteiger partial charge in [0.15, 0.2) is 0 Å². The molecule has 1 aromatic rings. The minimum absolute atomic E-state index is 0.0453. The number of phenolic OH excluding ortho intramolecular Hbond substituents is 1. The number of hydrogen-bond donors (Lipinski definition) is 5. The largest absolute Gasteiger partial charge is 0.507 e. The predicted molar refractivity (Wildman–Crippen MR) is 190 cm³/mol. The standard InChI is InChI=1S/C39H47NO15/c1-17-10-9-11-23(15-41)37(49)40-24-14-39(52-16-26(43)54-39)29-27(33(24)47)32(46)21(5)35-28(29)36(48)38(7,55-35)51-13-12-25(50-8)18(2)34(53-22(6)42)20(4)31(45)19(3)30(17)44/h9-14,17-20,25,30-31,34,41,44-46H,15-16H2,1-8H3,(H,40,49)/b10-9+,13-12+,23-11-/t17-,18+,19+,20+,25-,30-,31+,34+,38-,39?/m0/s1. The van der Waals surface area contributed by atoms with Gasteiger partial charge in [0.1, 0.15) is 24.2 Å². The summed E-state index contributed by atoms with van der Waals surface area (Å²) >= 11 is 0. The molecule has 1 aliphatic carbocycles. The second kappa shape index (κ2) is 15.7. The zero-order valence-electron chi connectivity index (χ0n) is 31.8. The lowest BCUT2D eigenvalue weighted by atomic mass is 9.78. The van der Waals surface area contributed by atoms with E-state index in [9.17, 15) is 44.4 Å². The first-order valence-corrected chi connectivity index (χ1v) is 17.8. The first-order chi connectivity index (χ1) is 25.8. The summed E-state index contributed by atoms with van der Waals surface area (Å²) in [4.78, 5) is 66.7. The number of aliphatic hydroxyl groups excluding tert-OH is 3. The normalized spacial score (nSPS) is 36.2. The zero-order chi connectivity index (χ0) is 40.7. The highest BCUT2D eigenvalue weighted by molar-refractivity contribution is 6.19. The molecule has 1 spiro atoms. The van der Waals surface area contributed by atoms with Crippen LogP contribution in [-0.2, 0) is 43.9 Å². The second-order valence-electron chi connectivity index (χ2n) is 14.4. The summed E-state index contributed by atoms with van der Waals surface area (Å²) in [6, 6.07) is 0. The van der Waals surface area contributed by atoms with Crippen molar-refractivity contribution in [2.24, 2.45) is 23.7 Å². The fraction of sp³-hybridized carbons (Fsp3) is 0.513. The lowest BCUT2D eigenvalue weighted by Crippen LogP contribution is -2.46. The van der Waals surface area contributed by atoms with Gasteiger partial charge in [-0.2, -0.15) is 0 Å². The summed E-state index contributed by atoms with van der Waals surface area (Å²) in [5.74, 6) is -12.2. The number of phenols is 1. The van der Waals surface area contributed by atoms with Gasteiger partial charge in [-0.25, -0.2) is 4.79 Å². The number of rotatable bonds is 3. The topological polar surface area (TPSA) is 234 Å². The van der Waals surface area contributed by atoms with Crippen molar-refractivity contribution >= 4 is 29.4 Å². The lowest BCUT2D eigenvalue weighted by molar-refractivity contribution is -0.161. The summed E-state index contributed by atoms with van der Waals surface area (Å²) < 4.78 is 34.7. The average molecular weight is 770 g/mol. The molecule has 1 aromatic carbocycles. The third-order valence-electron chi connectivity index (χ3n) is 10.7. The van der Waals surface area contributed by atoms with Crippen LogP contribution >= 0.6 is 0 Å². The van der Waals surface area contributed by atoms with Crippen molar-refractivity contribution in [3.05, 3.63) is 70.2 Å². The monoisotopic (exact) mass is 769 g/mol. The number of carbonyl (C=O) groups is 5. The van der Waals surface area contributed by atoms with E-state index >= 15 is 0 Å². The number of aliphatic hydroxyl groups is 3. The van der Waals surface area contributed by atoms with Crippen molar-refractivity contribution in [2.45, 2.75) is 84.5 Å². The molecule has 5 aliphatic rings. The summed E-state index contributed by atoms with van der Waals surface area (Å²) in [7, 11) is 1.40. The molecule has 10 atom stereocenters. The molecular formula is C39H47NO15. The summed E-state index contributed by atoms with van der Waals surface area (Å²) in [6.07, 6.45) is 3.74. The highest BCUT2D eigenvalue weighted by atomic mass is 16.8. The molecule has 4 heterocycles. The number of Topliss-reactive ketones (excluding diaryl/α,β-unsaturated/α-hetero) is 2. The molecule has 16 nitrogen and oxygen atoms in total. The first-order valence-electron chi connectivity index (χ1n) is 17.8. The van der Waals surface area contributed by atoms with Crippen LogP contribution in [0.15, 0.2) is 47.9 Å². The van der Waals surface area contributed by atoms with Crippen molar-refractivity contribution in [1.29, 1.82) is 0 Å². The summed E-state index contributed by atoms with van der Waals surface area (Å²) in [6.45, 7) is 9.22. The number of fused-ring (bicyclic) bond motifs is 13. The third-order valence-corrected chi connectivity index (χ3v) is 10.7. The van der Waals surface area contributed by atoms with Gasteiger partial charge < -0.3 is 54.2 Å². The van der Waals surface area contributed by atoms with Gasteiger partial charge >= 0.3 is 17.7 Å². The van der Waals surface area contributed by atoms with Gasteiger partial charge in [-0.1, -0.05) is 45.9 Å². The Morgan fingerprint density at radius 2 is 1.69 bits per heavy atom. The van der Waals surface area contributed by atoms with Gasteiger partial charge in [0.05, 0.1) is 53.6 Å². The van der Waals surface area contributed by atoms with E-state index in [1.165, 1.54) is 46.1 Å². The molecule has 4 aliphatic heterocycles. The highest BCUT2D eigenvalue weighted by Crippen LogP contribution is 2.53. The maximum atomic E-state index is 14.3. The molecule has 1 amide bonds. The van der Waals surface area contributed by atoms with Gasteiger partial charge in [-0.15, -0.1) is 0 Å². The Balaban J connectivity index is 1.67. The van der Waals surface area contributed by atoms with E-state index in [4.69, 9.17) is 28.4 Å². The number of amides is 1. The molecule has 0 radical (unpaired) electrons. The predicted octanol–water partition coefficient (Wildman–Crippen LogP) is 2.15. The molecular weight excluding hydrogens is 722 g/mol. The van der Waals surface area contributed by atoms with Crippen LogP contribution in [0.3, 0.4) is 0 Å². The molecule has 5 bridgehead atoms. The Bertz CT molecular complexity index is 1900. The molecule has 1 fully saturated rings. The van der Waals surface area contributed by atoms with Crippen molar-refractivity contribution in [3.63, 3.8) is 0 Å². The van der Waals surface area contributed by atoms with E-state index in [-0.39, 0.29) is 28.0 Å². The number of hydrogen-bond acceptors (Lipinski definition) is 15. The smallest absolute Gasteiger partial charge is 0.335 e. The molecule has 6 rings (SSSR count). The van der Waals surface area contributed by atoms with Gasteiger partial charge in [0, 0.05) is 61.8 Å². The third kappa shape index (κ3) is 7.44. The first kappa shape index (κ1) is 41.3. The van der Waals surface area contributed by atoms with Crippen LogP contribution in [0.1, 0.15) is 73.4 Å². The minimum atomic E-state index is -2.28. The van der Waals surface area contributed by atoms with Crippen LogP contribution in [0.25, 0.3) is 0 Å². The van der Waals surface area contributed by atoms with Gasteiger partial charge in [0.2, 0.25) is 5.78 Å². The Morgan fingerprint density at radius 3 is 2.29 bits per heavy atom. The number of aromatic hydroxyl groups is 1. The minimum Gasteiger partial charge on any atom is -0.507 e. The Kier molecular flexibility index (Phi) is 11.8. The second-order valence-corrected chi connectivity index (χ2v) is 14.4. The molecule has 0 saturated carbocycles. The van der Waals surface area contributed by atoms with Crippen molar-refractivity contribution < 1.29 is 72.8 Å². The van der Waals surface area contributed by atoms with Gasteiger partial charge in [-0.3, -0.25) is 19.2 Å². The van der Waals surface area contributed by atoms with Crippen LogP contribution < -0.4 is 10.1 Å². The number of esters is 2. The maximum absolute atomic E-state index is 14.3. The van der Waals surface area contributed by atoms with E-state index in [0.29, 0.717) is 0 Å². The molecule has 1 saturated heterocycles. The van der Waals surface area contributed by atoms with Crippen LogP contribution in [0.2, 0.25) is 0 Å². The average Bonchev–Trinajstić information content (AvgIpc) is 3.64. The number of benzene rings is 1. The van der Waals surface area contributed by atoms with Gasteiger partial charge in [0.25, 0.3) is 17.5 Å². The number of ketones is 2. The number of allylic oxidation sites excluding steroid dienone is 3. The number of carbonyl (C=O) groups excluding carboxylic acids is 5. The number of methoxy groups -OCH3 is 1. The fourth-order valence-corrected chi connectivity index (χ4v) is 7.45. The van der Waals surface area contributed by atoms with E-state index < -0.39 is 119 Å². The molecule has 5 N–H and O–H groups in total. The van der Waals surface area contributed by atoms with Crippen molar-refractivity contribution in [2.75, 3.05) is 20.3 Å². The van der Waals surface area contributed by atoms with Crippen LogP contribution in [0.4, 0.5) is 0 Å². The summed E-state index contributed by atoms with van der Waals surface area (Å²) in [5, 5.41) is 46.6. The van der Waals surface area contributed by atoms with Crippen LogP contribution in [0, 0.1) is 30.6 Å². The number of nitrogens with one attached hydrogen (secondary N) is 1. The Morgan fingerprint density at radius 1 is 1.00 bits per heavy atom. The van der Waals surface area contributed by atoms with Crippen LogP contribution in [-0.4, -0.2) is 100 Å². The Hall–Kier alpha value is -4.87. The van der Waals surface area contributed by atoms with Crippen molar-refractivity contribution in [1.82, 2.24) is 5.32 Å². The summed E-state index contributed by atoms with van der Waals surface area (Å²) in [5.41, 5.74) is -1.87. The fourth-order valence-electron chi connectivity index (χ4n) is 7.45. The van der Waals surface area contributed by atoms with E-state index in [1.807, 2.05) is 0 Å². The number of ether oxygens (including phenoxy) is 6. The molecule has 1 unspecified atom stereocenters. The van der Waals surface area contributed by atoms with Crippen molar-refractivity contribution in [3.8, 4) is 11.5 Å². The Labute approximate surface area is 317 Å². The van der Waals surface area contributed by atoms with E-state index in [1.54, 1.807) is 33.8 Å². The molecule has 298 valence electrons. The molecule has 55 heavy (non-hydrogen) atoms. The lowest BCUT2D eigenvalue weighted by Gasteiger charge is -2.38. The molecule has 16 heteroatoms. The quantitative estimate of drug-likeness (QED) is 0.277. The highest BCUT2D eigenvalue weighted by Gasteiger charge is 2.58. The van der Waals surface area contributed by atoms with Crippen LogP contribution in [0.5, 0.6) is 11.5 Å². The maximum Gasteiger partial charge on any atom is 0.335 e.